The van der Waals surface area contributed by atoms with E-state index in [1.165, 1.54) is 32.1 Å². The van der Waals surface area contributed by atoms with E-state index in [0.29, 0.717) is 6.42 Å². The molecule has 1 N–H and O–H groups in total. The highest BCUT2D eigenvalue weighted by Crippen LogP contribution is 2.17. The summed E-state index contributed by atoms with van der Waals surface area (Å²) >= 11 is 0. The van der Waals surface area contributed by atoms with Crippen LogP contribution in [0.25, 0.3) is 0 Å². The fraction of sp³-hybridized carbons (Fsp3) is 0.900. The van der Waals surface area contributed by atoms with Gasteiger partial charge in [-0.1, -0.05) is 19.3 Å². The van der Waals surface area contributed by atoms with Gasteiger partial charge in [-0.3, -0.25) is 0 Å². The van der Waals surface area contributed by atoms with Gasteiger partial charge in [0.1, 0.15) is 6.29 Å². The summed E-state index contributed by atoms with van der Waals surface area (Å²) in [6.07, 6.45) is 9.55. The zero-order chi connectivity index (χ0) is 8.65. The number of aldehydes is 1. The molecule has 1 aliphatic carbocycles. The normalized spacial score (nSPS) is 19.3. The maximum Gasteiger partial charge on any atom is 0.120 e. The summed E-state index contributed by atoms with van der Waals surface area (Å²) in [4.78, 5) is 10.0. The number of rotatable bonds is 5. The molecule has 12 heavy (non-hydrogen) atoms. The van der Waals surface area contributed by atoms with Gasteiger partial charge in [-0.05, 0) is 25.8 Å². The summed E-state index contributed by atoms with van der Waals surface area (Å²) in [5.74, 6) is 0. The van der Waals surface area contributed by atoms with Crippen molar-refractivity contribution in [3.05, 3.63) is 0 Å². The van der Waals surface area contributed by atoms with Crippen LogP contribution in [0.15, 0.2) is 0 Å². The molecule has 70 valence electrons. The third kappa shape index (κ3) is 3.86. The van der Waals surface area contributed by atoms with Crippen LogP contribution in [-0.4, -0.2) is 18.9 Å². The van der Waals surface area contributed by atoms with Gasteiger partial charge < -0.3 is 10.1 Å². The molecule has 0 heterocycles. The Balaban J connectivity index is 1.94. The van der Waals surface area contributed by atoms with Crippen molar-refractivity contribution in [3.63, 3.8) is 0 Å². The Morgan fingerprint density at radius 3 is 2.67 bits per heavy atom. The second-order valence-corrected chi connectivity index (χ2v) is 3.60. The van der Waals surface area contributed by atoms with E-state index in [0.717, 1.165) is 25.3 Å². The van der Waals surface area contributed by atoms with Gasteiger partial charge in [0.25, 0.3) is 0 Å². The van der Waals surface area contributed by atoms with Crippen LogP contribution in [0.4, 0.5) is 0 Å². The average Bonchev–Trinajstić information content (AvgIpc) is 2.14. The van der Waals surface area contributed by atoms with Crippen LogP contribution in [0.5, 0.6) is 0 Å². The highest BCUT2D eigenvalue weighted by atomic mass is 16.1. The lowest BCUT2D eigenvalue weighted by Gasteiger charge is -2.22. The first-order valence-electron chi connectivity index (χ1n) is 5.10. The molecule has 1 rings (SSSR count). The maximum atomic E-state index is 10.0. The fourth-order valence-corrected chi connectivity index (χ4v) is 1.80. The topological polar surface area (TPSA) is 29.1 Å². The van der Waals surface area contributed by atoms with Gasteiger partial charge in [0, 0.05) is 12.5 Å². The molecular formula is C10H19NO. The molecule has 0 radical (unpaired) electrons. The summed E-state index contributed by atoms with van der Waals surface area (Å²) < 4.78 is 0. The summed E-state index contributed by atoms with van der Waals surface area (Å²) in [7, 11) is 0. The minimum atomic E-state index is 0.708. The third-order valence-corrected chi connectivity index (χ3v) is 2.54. The van der Waals surface area contributed by atoms with Crippen LogP contribution in [-0.2, 0) is 4.79 Å². The van der Waals surface area contributed by atoms with Crippen molar-refractivity contribution >= 4 is 6.29 Å². The van der Waals surface area contributed by atoms with Gasteiger partial charge in [-0.25, -0.2) is 0 Å². The van der Waals surface area contributed by atoms with Crippen molar-refractivity contribution in [1.82, 2.24) is 5.32 Å². The Hall–Kier alpha value is -0.370. The molecule has 1 saturated carbocycles. The van der Waals surface area contributed by atoms with Crippen molar-refractivity contribution in [2.75, 3.05) is 6.54 Å². The number of nitrogens with one attached hydrogen (secondary N) is 1. The van der Waals surface area contributed by atoms with E-state index in [9.17, 15) is 4.79 Å². The summed E-state index contributed by atoms with van der Waals surface area (Å²) in [6, 6.07) is 0.741. The molecule has 0 aromatic heterocycles. The molecule has 0 unspecified atom stereocenters. The monoisotopic (exact) mass is 169 g/mol. The van der Waals surface area contributed by atoms with E-state index >= 15 is 0 Å². The minimum Gasteiger partial charge on any atom is -0.314 e. The molecule has 2 nitrogen and oxygen atoms in total. The van der Waals surface area contributed by atoms with Crippen LogP contribution < -0.4 is 5.32 Å². The van der Waals surface area contributed by atoms with Gasteiger partial charge in [0.15, 0.2) is 0 Å². The predicted octanol–water partition coefficient (Wildman–Crippen LogP) is 1.89. The average molecular weight is 169 g/mol. The van der Waals surface area contributed by atoms with Crippen LogP contribution in [0.3, 0.4) is 0 Å². The van der Waals surface area contributed by atoms with E-state index in [2.05, 4.69) is 5.32 Å². The first-order chi connectivity index (χ1) is 5.93. The van der Waals surface area contributed by atoms with Gasteiger partial charge in [-0.2, -0.15) is 0 Å². The quantitative estimate of drug-likeness (QED) is 0.503. The van der Waals surface area contributed by atoms with Crippen molar-refractivity contribution in [2.45, 2.75) is 51.0 Å². The van der Waals surface area contributed by atoms with Crippen LogP contribution in [0, 0.1) is 0 Å². The maximum absolute atomic E-state index is 10.0. The second-order valence-electron chi connectivity index (χ2n) is 3.60. The number of carbonyl (C=O) groups is 1. The smallest absolute Gasteiger partial charge is 0.120 e. The molecule has 0 aliphatic heterocycles. The highest BCUT2D eigenvalue weighted by molar-refractivity contribution is 5.48. The lowest BCUT2D eigenvalue weighted by atomic mass is 9.95. The molecule has 0 aromatic rings. The molecule has 1 aliphatic rings. The van der Waals surface area contributed by atoms with Gasteiger partial charge in [0.05, 0.1) is 0 Å². The predicted molar refractivity (Wildman–Crippen MR) is 50.2 cm³/mol. The first-order valence-corrected chi connectivity index (χ1v) is 5.10. The first kappa shape index (κ1) is 9.72. The molecule has 0 spiro atoms. The summed E-state index contributed by atoms with van der Waals surface area (Å²) in [5, 5.41) is 3.50. The van der Waals surface area contributed by atoms with Crippen molar-refractivity contribution in [3.8, 4) is 0 Å². The number of carbonyl (C=O) groups excluding carboxylic acids is 1. The Bertz CT molecular complexity index is 119. The lowest BCUT2D eigenvalue weighted by Crippen LogP contribution is -2.31. The molecule has 0 amide bonds. The molecule has 1 fully saturated rings. The molecule has 0 saturated heterocycles. The van der Waals surface area contributed by atoms with E-state index in [1.807, 2.05) is 0 Å². The lowest BCUT2D eigenvalue weighted by molar-refractivity contribution is -0.107. The molecule has 0 bridgehead atoms. The number of hydrogen-bond acceptors (Lipinski definition) is 2. The third-order valence-electron chi connectivity index (χ3n) is 2.54. The van der Waals surface area contributed by atoms with E-state index in [1.54, 1.807) is 0 Å². The highest BCUT2D eigenvalue weighted by Gasteiger charge is 2.11. The summed E-state index contributed by atoms with van der Waals surface area (Å²) in [6.45, 7) is 1.02. The van der Waals surface area contributed by atoms with Crippen LogP contribution in [0.2, 0.25) is 0 Å². The molecule has 2 heteroatoms. The Kier molecular flexibility index (Phi) is 5.00. The van der Waals surface area contributed by atoms with Crippen molar-refractivity contribution < 1.29 is 4.79 Å². The minimum absolute atomic E-state index is 0.708. The summed E-state index contributed by atoms with van der Waals surface area (Å²) in [5.41, 5.74) is 0. The second kappa shape index (κ2) is 6.18. The van der Waals surface area contributed by atoms with Crippen molar-refractivity contribution in [1.29, 1.82) is 0 Å². The van der Waals surface area contributed by atoms with E-state index in [4.69, 9.17) is 0 Å². The Morgan fingerprint density at radius 1 is 1.25 bits per heavy atom. The van der Waals surface area contributed by atoms with Crippen molar-refractivity contribution in [2.24, 2.45) is 0 Å². The zero-order valence-corrected chi connectivity index (χ0v) is 7.72. The molecule has 0 aromatic carbocycles. The Morgan fingerprint density at radius 2 is 2.00 bits per heavy atom. The van der Waals surface area contributed by atoms with Crippen LogP contribution in [0.1, 0.15) is 44.9 Å². The molecular weight excluding hydrogens is 150 g/mol. The standard InChI is InChI=1S/C10H19NO/c12-9-5-4-8-11-10-6-2-1-3-7-10/h9-11H,1-8H2. The zero-order valence-electron chi connectivity index (χ0n) is 7.72. The number of hydrogen-bond donors (Lipinski definition) is 1. The molecule has 0 atom stereocenters. The van der Waals surface area contributed by atoms with Gasteiger partial charge >= 0.3 is 0 Å². The van der Waals surface area contributed by atoms with Gasteiger partial charge in [0.2, 0.25) is 0 Å². The number of unbranched alkanes of at least 4 members (excludes halogenated alkanes) is 1. The fourth-order valence-electron chi connectivity index (χ4n) is 1.80. The van der Waals surface area contributed by atoms with Gasteiger partial charge in [-0.15, -0.1) is 0 Å². The van der Waals surface area contributed by atoms with E-state index < -0.39 is 0 Å². The Labute approximate surface area is 74.7 Å². The van der Waals surface area contributed by atoms with E-state index in [-0.39, 0.29) is 0 Å². The SMILES string of the molecule is O=CCCCNC1CCCCC1. The van der Waals surface area contributed by atoms with Crippen LogP contribution >= 0.6 is 0 Å². The largest absolute Gasteiger partial charge is 0.314 e.